The minimum Gasteiger partial charge on any atom is -0.390 e. The molecule has 0 radical (unpaired) electrons. The van der Waals surface area contributed by atoms with Crippen LogP contribution in [0.4, 0.5) is 11.4 Å². The molecule has 0 aromatic heterocycles. The lowest BCUT2D eigenvalue weighted by Crippen LogP contribution is -2.31. The Kier molecular flexibility index (Phi) is 3.77. The fourth-order valence-corrected chi connectivity index (χ4v) is 3.81. The van der Waals surface area contributed by atoms with Crippen LogP contribution in [0.5, 0.6) is 0 Å². The molecule has 104 valence electrons. The van der Waals surface area contributed by atoms with Gasteiger partial charge in [-0.1, -0.05) is 6.07 Å². The quantitative estimate of drug-likeness (QED) is 0.737. The number of carbonyl (C=O) groups is 1. The average molecular weight is 284 g/mol. The number of amides is 1. The van der Waals surface area contributed by atoms with E-state index >= 15 is 0 Å². The Labute approximate surface area is 111 Å². The van der Waals surface area contributed by atoms with Crippen molar-refractivity contribution in [2.75, 3.05) is 22.1 Å². The van der Waals surface area contributed by atoms with Gasteiger partial charge >= 0.3 is 0 Å². The third kappa shape index (κ3) is 3.68. The van der Waals surface area contributed by atoms with E-state index in [1.54, 1.807) is 24.3 Å². The predicted octanol–water partition coefficient (Wildman–Crippen LogP) is 0.215. The van der Waals surface area contributed by atoms with Crippen molar-refractivity contribution in [2.45, 2.75) is 19.1 Å². The molecule has 1 fully saturated rings. The number of carbonyl (C=O) groups excluding carboxylic acids is 1. The van der Waals surface area contributed by atoms with Gasteiger partial charge in [0.2, 0.25) is 5.91 Å². The Morgan fingerprint density at radius 1 is 1.32 bits per heavy atom. The first-order valence-corrected chi connectivity index (χ1v) is 7.70. The molecule has 2 atom stereocenters. The highest BCUT2D eigenvalue weighted by molar-refractivity contribution is 7.91. The van der Waals surface area contributed by atoms with Gasteiger partial charge in [-0.25, -0.2) is 8.42 Å². The fraction of sp³-hybridized carbons (Fsp3) is 0.417. The van der Waals surface area contributed by atoms with Crippen molar-refractivity contribution in [2.24, 2.45) is 0 Å². The summed E-state index contributed by atoms with van der Waals surface area (Å²) in [7, 11) is -3.18. The number of hydrogen-bond acceptors (Lipinski definition) is 5. The monoisotopic (exact) mass is 284 g/mol. The van der Waals surface area contributed by atoms with Crippen LogP contribution in [0.1, 0.15) is 6.92 Å². The summed E-state index contributed by atoms with van der Waals surface area (Å²) >= 11 is 0. The van der Waals surface area contributed by atoms with E-state index in [4.69, 9.17) is 0 Å². The summed E-state index contributed by atoms with van der Waals surface area (Å²) in [5.41, 5.74) is 1.28. The van der Waals surface area contributed by atoms with Crippen LogP contribution in [-0.2, 0) is 14.6 Å². The minimum atomic E-state index is -3.18. The molecule has 0 spiro atoms. The summed E-state index contributed by atoms with van der Waals surface area (Å²) < 4.78 is 22.8. The van der Waals surface area contributed by atoms with Crippen LogP contribution >= 0.6 is 0 Å². The maximum absolute atomic E-state index is 11.4. The number of anilines is 2. The number of hydrogen-bond donors (Lipinski definition) is 3. The zero-order valence-corrected chi connectivity index (χ0v) is 11.3. The molecule has 1 saturated heterocycles. The molecule has 1 aliphatic rings. The van der Waals surface area contributed by atoms with Crippen molar-refractivity contribution in [3.63, 3.8) is 0 Å². The first-order chi connectivity index (χ1) is 8.85. The summed E-state index contributed by atoms with van der Waals surface area (Å²) in [6, 6.07) is 6.40. The number of benzene rings is 1. The van der Waals surface area contributed by atoms with Gasteiger partial charge in [-0.15, -0.1) is 0 Å². The molecular formula is C12H16N2O4S. The molecule has 1 aromatic rings. The molecule has 0 bridgehead atoms. The zero-order chi connectivity index (χ0) is 14.0. The molecular weight excluding hydrogens is 268 g/mol. The van der Waals surface area contributed by atoms with Crippen molar-refractivity contribution >= 4 is 27.1 Å². The highest BCUT2D eigenvalue weighted by Crippen LogP contribution is 2.20. The molecule has 19 heavy (non-hydrogen) atoms. The molecule has 1 amide bonds. The number of aliphatic hydroxyl groups is 1. The molecule has 7 heteroatoms. The molecule has 0 unspecified atom stereocenters. The van der Waals surface area contributed by atoms with Crippen molar-refractivity contribution in [1.82, 2.24) is 0 Å². The predicted molar refractivity (Wildman–Crippen MR) is 72.8 cm³/mol. The average Bonchev–Trinajstić information content (AvgIpc) is 2.51. The van der Waals surface area contributed by atoms with Crippen LogP contribution in [0, 0.1) is 0 Å². The molecule has 1 aliphatic heterocycles. The second-order valence-electron chi connectivity index (χ2n) is 4.66. The number of sulfone groups is 1. The van der Waals surface area contributed by atoms with Crippen LogP contribution in [0.25, 0.3) is 0 Å². The van der Waals surface area contributed by atoms with E-state index in [9.17, 15) is 18.3 Å². The topological polar surface area (TPSA) is 95.5 Å². The molecule has 0 saturated carbocycles. The minimum absolute atomic E-state index is 0.0848. The van der Waals surface area contributed by atoms with Gasteiger partial charge in [-0.05, 0) is 18.2 Å². The highest BCUT2D eigenvalue weighted by Gasteiger charge is 2.36. The van der Waals surface area contributed by atoms with E-state index in [0.717, 1.165) is 0 Å². The Bertz CT molecular complexity index is 585. The van der Waals surface area contributed by atoms with E-state index in [1.807, 2.05) is 0 Å². The summed E-state index contributed by atoms with van der Waals surface area (Å²) in [6.45, 7) is 1.41. The third-order valence-corrected chi connectivity index (χ3v) is 4.57. The lowest BCUT2D eigenvalue weighted by Gasteiger charge is -2.16. The van der Waals surface area contributed by atoms with E-state index < -0.39 is 22.0 Å². The molecule has 0 aliphatic carbocycles. The number of aliphatic hydroxyl groups excluding tert-OH is 1. The van der Waals surface area contributed by atoms with E-state index in [-0.39, 0.29) is 17.4 Å². The fourth-order valence-electron chi connectivity index (χ4n) is 2.07. The second kappa shape index (κ2) is 5.18. The molecule has 3 N–H and O–H groups in total. The van der Waals surface area contributed by atoms with Gasteiger partial charge in [0.25, 0.3) is 0 Å². The first-order valence-electron chi connectivity index (χ1n) is 5.88. The lowest BCUT2D eigenvalue weighted by molar-refractivity contribution is -0.114. The Morgan fingerprint density at radius 2 is 2.00 bits per heavy atom. The van der Waals surface area contributed by atoms with Crippen LogP contribution in [-0.4, -0.2) is 43.1 Å². The van der Waals surface area contributed by atoms with Gasteiger partial charge in [0.15, 0.2) is 9.84 Å². The second-order valence-corrected chi connectivity index (χ2v) is 6.81. The molecule has 1 aromatic carbocycles. The zero-order valence-electron chi connectivity index (χ0n) is 10.5. The van der Waals surface area contributed by atoms with E-state index in [0.29, 0.717) is 11.4 Å². The van der Waals surface area contributed by atoms with E-state index in [2.05, 4.69) is 10.6 Å². The standard InChI is InChI=1S/C12H16N2O4S/c1-8(15)13-9-3-2-4-10(5-9)14-11-6-19(17,18)7-12(11)16/h2-5,11-12,14,16H,6-7H2,1H3,(H,13,15)/t11-,12+/m0/s1. The number of rotatable bonds is 3. The Morgan fingerprint density at radius 3 is 2.58 bits per heavy atom. The van der Waals surface area contributed by atoms with Gasteiger partial charge in [-0.3, -0.25) is 4.79 Å². The van der Waals surface area contributed by atoms with E-state index in [1.165, 1.54) is 6.92 Å². The van der Waals surface area contributed by atoms with Gasteiger partial charge < -0.3 is 15.7 Å². The number of nitrogens with one attached hydrogen (secondary N) is 2. The van der Waals surface area contributed by atoms with Crippen LogP contribution in [0.3, 0.4) is 0 Å². The van der Waals surface area contributed by atoms with Gasteiger partial charge in [0, 0.05) is 18.3 Å². The normalized spacial score (nSPS) is 24.9. The summed E-state index contributed by atoms with van der Waals surface area (Å²) in [6.07, 6.45) is -0.908. The maximum Gasteiger partial charge on any atom is 0.221 e. The molecule has 1 heterocycles. The SMILES string of the molecule is CC(=O)Nc1cccc(N[C@H]2CS(=O)(=O)C[C@H]2O)c1. The maximum atomic E-state index is 11.4. The highest BCUT2D eigenvalue weighted by atomic mass is 32.2. The Hall–Kier alpha value is -1.60. The Balaban J connectivity index is 2.09. The molecule has 2 rings (SSSR count). The van der Waals surface area contributed by atoms with Crippen molar-refractivity contribution in [3.05, 3.63) is 24.3 Å². The van der Waals surface area contributed by atoms with Gasteiger partial charge in [0.1, 0.15) is 0 Å². The van der Waals surface area contributed by atoms with Crippen molar-refractivity contribution < 1.29 is 18.3 Å². The van der Waals surface area contributed by atoms with Gasteiger partial charge in [0.05, 0.1) is 23.7 Å². The van der Waals surface area contributed by atoms with Crippen molar-refractivity contribution in [3.8, 4) is 0 Å². The van der Waals surface area contributed by atoms with Gasteiger partial charge in [-0.2, -0.15) is 0 Å². The summed E-state index contributed by atoms with van der Waals surface area (Å²) in [4.78, 5) is 11.0. The largest absolute Gasteiger partial charge is 0.390 e. The lowest BCUT2D eigenvalue weighted by atomic mass is 10.2. The summed E-state index contributed by atoms with van der Waals surface area (Å²) in [5.74, 6) is -0.477. The van der Waals surface area contributed by atoms with Crippen LogP contribution < -0.4 is 10.6 Å². The first kappa shape index (κ1) is 13.8. The van der Waals surface area contributed by atoms with Crippen LogP contribution in [0.15, 0.2) is 24.3 Å². The molecule has 6 nitrogen and oxygen atoms in total. The third-order valence-electron chi connectivity index (χ3n) is 2.86. The van der Waals surface area contributed by atoms with Crippen LogP contribution in [0.2, 0.25) is 0 Å². The summed E-state index contributed by atoms with van der Waals surface area (Å²) in [5, 5.41) is 15.3. The van der Waals surface area contributed by atoms with Crippen molar-refractivity contribution in [1.29, 1.82) is 0 Å². The smallest absolute Gasteiger partial charge is 0.221 e.